The van der Waals surface area contributed by atoms with E-state index in [0.717, 1.165) is 33.3 Å². The molecule has 9 heteroatoms. The molecule has 5 aromatic rings. The molecule has 46 heavy (non-hydrogen) atoms. The van der Waals surface area contributed by atoms with Crippen LogP contribution in [0.25, 0.3) is 10.8 Å². The van der Waals surface area contributed by atoms with E-state index in [9.17, 15) is 14.7 Å². The van der Waals surface area contributed by atoms with Gasteiger partial charge in [0.05, 0.1) is 29.2 Å². The Morgan fingerprint density at radius 2 is 1.85 bits per heavy atom. The zero-order valence-corrected chi connectivity index (χ0v) is 25.4. The predicted octanol–water partition coefficient (Wildman–Crippen LogP) is 6.05. The van der Waals surface area contributed by atoms with Gasteiger partial charge in [0.2, 0.25) is 0 Å². The molecule has 0 aliphatic carbocycles. The summed E-state index contributed by atoms with van der Waals surface area (Å²) in [5.41, 5.74) is 3.81. The van der Waals surface area contributed by atoms with Gasteiger partial charge < -0.3 is 14.7 Å². The second kappa shape index (κ2) is 10.8. The molecule has 1 fully saturated rings. The van der Waals surface area contributed by atoms with Gasteiger partial charge in [-0.25, -0.2) is 0 Å². The minimum Gasteiger partial charge on any atom is -0.382 e. The van der Waals surface area contributed by atoms with E-state index in [4.69, 9.17) is 4.74 Å². The summed E-state index contributed by atoms with van der Waals surface area (Å²) in [6.45, 7) is 6.83. The highest BCUT2D eigenvalue weighted by Gasteiger charge is 2.60. The molecule has 1 spiro atoms. The Morgan fingerprint density at radius 3 is 2.65 bits per heavy atom. The second-order valence-corrected chi connectivity index (χ2v) is 12.3. The van der Waals surface area contributed by atoms with Gasteiger partial charge in [0.15, 0.2) is 5.60 Å². The number of anilines is 3. The number of aromatic nitrogens is 3. The molecule has 230 valence electrons. The largest absolute Gasteiger partial charge is 0.382 e. The Hall–Kier alpha value is -5.12. The number of rotatable bonds is 8. The van der Waals surface area contributed by atoms with Gasteiger partial charge in [-0.05, 0) is 54.1 Å². The maximum Gasteiger partial charge on any atom is 0.264 e. The summed E-state index contributed by atoms with van der Waals surface area (Å²) in [4.78, 5) is 31.5. The average Bonchev–Trinajstić information content (AvgIpc) is 3.82. The molecule has 0 unspecified atom stereocenters. The number of aliphatic hydroxyl groups excluding tert-OH is 1. The number of carbonyl (C=O) groups excluding carboxylic acids is 2. The number of amides is 2. The molecule has 0 bridgehead atoms. The minimum absolute atomic E-state index is 0.0871. The van der Waals surface area contributed by atoms with Crippen LogP contribution in [0.5, 0.6) is 0 Å². The van der Waals surface area contributed by atoms with Gasteiger partial charge in [-0.2, -0.15) is 0 Å². The van der Waals surface area contributed by atoms with Crippen molar-refractivity contribution in [2.45, 2.75) is 44.1 Å². The Kier molecular flexibility index (Phi) is 6.63. The van der Waals surface area contributed by atoms with Crippen molar-refractivity contribution in [2.24, 2.45) is 5.92 Å². The van der Waals surface area contributed by atoms with Crippen molar-refractivity contribution in [3.05, 3.63) is 126 Å². The molecule has 0 saturated carbocycles. The van der Waals surface area contributed by atoms with Crippen LogP contribution in [0.3, 0.4) is 0 Å². The number of benzene rings is 4. The molecule has 0 radical (unpaired) electrons. The lowest BCUT2D eigenvalue weighted by molar-refractivity contribution is -0.145. The standard InChI is InChI=1S/C37H33N5O4/c1-3-18-41-31-16-15-26(42-32-14-8-12-24-11-7-13-28(33(24)32)35(42)44)21-29(31)37(36(41)45)23(2)20-27(46-37)17-19-40-22-30(38-39-40)34(43)25-9-5-4-6-10-25/h3-16,21-23,27,34,43H,1,17-20H2,2H3/t23-,27+,34+,37+/m0/s1. The number of fused-ring (bicyclic) bond motifs is 2. The van der Waals surface area contributed by atoms with Crippen LogP contribution in [0.2, 0.25) is 0 Å². The van der Waals surface area contributed by atoms with Crippen LogP contribution < -0.4 is 9.80 Å². The van der Waals surface area contributed by atoms with Crippen molar-refractivity contribution < 1.29 is 19.4 Å². The highest BCUT2D eigenvalue weighted by atomic mass is 16.5. The van der Waals surface area contributed by atoms with Crippen molar-refractivity contribution in [1.29, 1.82) is 0 Å². The summed E-state index contributed by atoms with van der Waals surface area (Å²) in [6, 6.07) is 26.9. The number of nitrogens with zero attached hydrogens (tertiary/aromatic N) is 5. The number of aryl methyl sites for hydroxylation is 1. The highest BCUT2D eigenvalue weighted by Crippen LogP contribution is 2.55. The fraction of sp³-hybridized carbons (Fsp3) is 0.243. The number of ether oxygens (including phenoxy) is 1. The molecule has 4 heterocycles. The minimum atomic E-state index is -1.18. The number of hydrogen-bond donors (Lipinski definition) is 1. The molecule has 1 N–H and O–H groups in total. The summed E-state index contributed by atoms with van der Waals surface area (Å²) < 4.78 is 8.52. The van der Waals surface area contributed by atoms with E-state index in [-0.39, 0.29) is 23.8 Å². The molecule has 2 amide bonds. The summed E-state index contributed by atoms with van der Waals surface area (Å²) >= 11 is 0. The van der Waals surface area contributed by atoms with Crippen molar-refractivity contribution in [1.82, 2.24) is 15.0 Å². The fourth-order valence-corrected chi connectivity index (χ4v) is 7.49. The predicted molar refractivity (Wildman–Crippen MR) is 175 cm³/mol. The SMILES string of the molecule is C=CCN1C(=O)[C@]2(O[C@H](CCn3cc([C@H](O)c4ccccc4)nn3)C[C@@H]2C)c2cc(N3C(=O)c4cccc5cccc3c45)ccc21. The first-order valence-electron chi connectivity index (χ1n) is 15.6. The van der Waals surface area contributed by atoms with Crippen LogP contribution in [-0.4, -0.2) is 44.6 Å². The average molecular weight is 612 g/mol. The topological polar surface area (TPSA) is 101 Å². The van der Waals surface area contributed by atoms with E-state index in [1.807, 2.05) is 84.9 Å². The third-order valence-electron chi connectivity index (χ3n) is 9.66. The molecule has 8 rings (SSSR count). The van der Waals surface area contributed by atoms with E-state index in [1.165, 1.54) is 0 Å². The molecule has 9 nitrogen and oxygen atoms in total. The lowest BCUT2D eigenvalue weighted by Gasteiger charge is -2.28. The van der Waals surface area contributed by atoms with Crippen molar-refractivity contribution in [3.63, 3.8) is 0 Å². The van der Waals surface area contributed by atoms with Gasteiger partial charge in [0.1, 0.15) is 11.8 Å². The Bertz CT molecular complexity index is 2020. The third kappa shape index (κ3) is 4.15. The smallest absolute Gasteiger partial charge is 0.264 e. The van der Waals surface area contributed by atoms with E-state index in [2.05, 4.69) is 23.8 Å². The molecule has 4 atom stereocenters. The molecule has 3 aliphatic rings. The zero-order chi connectivity index (χ0) is 31.6. The molecular formula is C37H33N5O4. The molecule has 4 aromatic carbocycles. The normalized spacial score (nSPS) is 22.3. The number of hydrogen-bond acceptors (Lipinski definition) is 6. The van der Waals surface area contributed by atoms with Gasteiger partial charge in [0, 0.05) is 35.6 Å². The maximum atomic E-state index is 14.3. The number of carbonyl (C=O) groups is 2. The van der Waals surface area contributed by atoms with Gasteiger partial charge in [-0.3, -0.25) is 19.2 Å². The summed E-state index contributed by atoms with van der Waals surface area (Å²) in [7, 11) is 0. The first-order valence-corrected chi connectivity index (χ1v) is 15.6. The lowest BCUT2D eigenvalue weighted by Crippen LogP contribution is -2.44. The molecule has 1 saturated heterocycles. The Labute approximate surface area is 266 Å². The van der Waals surface area contributed by atoms with Crippen LogP contribution in [0.15, 0.2) is 104 Å². The monoisotopic (exact) mass is 611 g/mol. The van der Waals surface area contributed by atoms with Crippen LogP contribution in [0.1, 0.15) is 53.0 Å². The van der Waals surface area contributed by atoms with Crippen molar-refractivity contribution >= 4 is 39.6 Å². The zero-order valence-electron chi connectivity index (χ0n) is 25.4. The first kappa shape index (κ1) is 28.4. The number of aliphatic hydroxyl groups is 1. The summed E-state index contributed by atoms with van der Waals surface area (Å²) in [5, 5.41) is 21.1. The Balaban J connectivity index is 1.09. The van der Waals surface area contributed by atoms with Gasteiger partial charge >= 0.3 is 0 Å². The van der Waals surface area contributed by atoms with Gasteiger partial charge in [-0.1, -0.05) is 72.8 Å². The van der Waals surface area contributed by atoms with E-state index in [0.29, 0.717) is 42.9 Å². The van der Waals surface area contributed by atoms with E-state index < -0.39 is 11.7 Å². The molecule has 3 aliphatic heterocycles. The van der Waals surface area contributed by atoms with E-state index >= 15 is 0 Å². The highest BCUT2D eigenvalue weighted by molar-refractivity contribution is 6.28. The van der Waals surface area contributed by atoms with E-state index in [1.54, 1.807) is 26.8 Å². The Morgan fingerprint density at radius 1 is 1.04 bits per heavy atom. The summed E-state index contributed by atoms with van der Waals surface area (Å²) in [5.74, 6) is -0.312. The van der Waals surface area contributed by atoms with Crippen LogP contribution in [0, 0.1) is 5.92 Å². The third-order valence-corrected chi connectivity index (χ3v) is 9.66. The van der Waals surface area contributed by atoms with Crippen molar-refractivity contribution in [2.75, 3.05) is 16.3 Å². The maximum absolute atomic E-state index is 14.3. The fourth-order valence-electron chi connectivity index (χ4n) is 7.49. The molecular weight excluding hydrogens is 578 g/mol. The van der Waals surface area contributed by atoms with Gasteiger partial charge in [-0.15, -0.1) is 11.7 Å². The second-order valence-electron chi connectivity index (χ2n) is 12.3. The lowest BCUT2D eigenvalue weighted by atomic mass is 9.82. The quantitative estimate of drug-likeness (QED) is 0.215. The summed E-state index contributed by atoms with van der Waals surface area (Å²) in [6.07, 6.45) is 3.70. The van der Waals surface area contributed by atoms with Gasteiger partial charge in [0.25, 0.3) is 11.8 Å². The van der Waals surface area contributed by atoms with Crippen LogP contribution in [0.4, 0.5) is 17.1 Å². The van der Waals surface area contributed by atoms with Crippen LogP contribution >= 0.6 is 0 Å². The molecule has 1 aromatic heterocycles. The first-order chi connectivity index (χ1) is 22.4. The van der Waals surface area contributed by atoms with Crippen molar-refractivity contribution in [3.8, 4) is 0 Å². The van der Waals surface area contributed by atoms with Crippen LogP contribution in [-0.2, 0) is 21.7 Å².